The maximum Gasteiger partial charge on any atom is 0.191 e. The van der Waals surface area contributed by atoms with Crippen LogP contribution in [-0.4, -0.2) is 31.0 Å². The lowest BCUT2D eigenvalue weighted by atomic mass is 10.1. The van der Waals surface area contributed by atoms with Crippen LogP contribution in [0.2, 0.25) is 0 Å². The molecule has 4 nitrogen and oxygen atoms in total. The number of benzene rings is 2. The molecule has 0 heterocycles. The number of hydrogen-bond acceptors (Lipinski definition) is 2. The van der Waals surface area contributed by atoms with Crippen LogP contribution in [0, 0.1) is 5.82 Å². The van der Waals surface area contributed by atoms with Gasteiger partial charge >= 0.3 is 0 Å². The van der Waals surface area contributed by atoms with Crippen molar-refractivity contribution in [3.8, 4) is 0 Å². The number of guanidine groups is 1. The van der Waals surface area contributed by atoms with Crippen LogP contribution in [0.4, 0.5) is 4.39 Å². The van der Waals surface area contributed by atoms with Crippen molar-refractivity contribution in [3.05, 3.63) is 71.0 Å². The Morgan fingerprint density at radius 1 is 1.00 bits per heavy atom. The second-order valence-corrected chi connectivity index (χ2v) is 6.33. The highest BCUT2D eigenvalue weighted by molar-refractivity contribution is 5.79. The van der Waals surface area contributed by atoms with Gasteiger partial charge in [-0.1, -0.05) is 43.3 Å². The van der Waals surface area contributed by atoms with E-state index in [0.717, 1.165) is 31.2 Å². The molecule has 2 aromatic rings. The monoisotopic (exact) mass is 356 g/mol. The zero-order valence-corrected chi connectivity index (χ0v) is 15.9. The number of halogens is 1. The van der Waals surface area contributed by atoms with E-state index in [-0.39, 0.29) is 5.82 Å². The van der Waals surface area contributed by atoms with E-state index in [2.05, 4.69) is 58.8 Å². The molecule has 0 amide bonds. The van der Waals surface area contributed by atoms with Crippen molar-refractivity contribution in [2.45, 2.75) is 33.5 Å². The maximum absolute atomic E-state index is 13.3. The zero-order valence-electron chi connectivity index (χ0n) is 15.9. The summed E-state index contributed by atoms with van der Waals surface area (Å²) in [6.07, 6.45) is 0. The Morgan fingerprint density at radius 2 is 1.73 bits per heavy atom. The summed E-state index contributed by atoms with van der Waals surface area (Å²) in [5, 5.41) is 6.48. The van der Waals surface area contributed by atoms with Gasteiger partial charge in [0.05, 0.1) is 6.54 Å². The lowest BCUT2D eigenvalue weighted by Gasteiger charge is -2.14. The van der Waals surface area contributed by atoms with Gasteiger partial charge in [-0.15, -0.1) is 0 Å². The van der Waals surface area contributed by atoms with E-state index in [9.17, 15) is 4.39 Å². The number of aliphatic imine (C=N–C) groups is 1. The maximum atomic E-state index is 13.3. The summed E-state index contributed by atoms with van der Waals surface area (Å²) >= 11 is 0. The van der Waals surface area contributed by atoms with E-state index in [1.807, 2.05) is 13.0 Å². The molecule has 0 aliphatic carbocycles. The molecule has 0 aliphatic heterocycles. The van der Waals surface area contributed by atoms with Crippen molar-refractivity contribution < 1.29 is 4.39 Å². The predicted molar refractivity (Wildman–Crippen MR) is 107 cm³/mol. The minimum absolute atomic E-state index is 0.222. The van der Waals surface area contributed by atoms with Gasteiger partial charge in [0.15, 0.2) is 5.96 Å². The summed E-state index contributed by atoms with van der Waals surface area (Å²) in [6, 6.07) is 15.1. The average molecular weight is 356 g/mol. The molecule has 26 heavy (non-hydrogen) atoms. The molecule has 140 valence electrons. The fourth-order valence-corrected chi connectivity index (χ4v) is 2.59. The van der Waals surface area contributed by atoms with Gasteiger partial charge < -0.3 is 15.5 Å². The fraction of sp³-hybridized carbons (Fsp3) is 0.381. The van der Waals surface area contributed by atoms with E-state index < -0.39 is 0 Å². The molecule has 0 radical (unpaired) electrons. The van der Waals surface area contributed by atoms with Crippen LogP contribution in [0.25, 0.3) is 0 Å². The van der Waals surface area contributed by atoms with E-state index >= 15 is 0 Å². The van der Waals surface area contributed by atoms with Crippen LogP contribution < -0.4 is 10.6 Å². The Kier molecular flexibility index (Phi) is 8.09. The summed E-state index contributed by atoms with van der Waals surface area (Å²) in [4.78, 5) is 6.92. The molecular formula is C21H29FN4. The molecule has 0 unspecified atom stereocenters. The first kappa shape index (κ1) is 19.9. The molecule has 2 N–H and O–H groups in total. The highest BCUT2D eigenvalue weighted by atomic mass is 19.1. The summed E-state index contributed by atoms with van der Waals surface area (Å²) in [7, 11) is 2.12. The number of nitrogens with zero attached hydrogens (tertiary/aromatic N) is 2. The largest absolute Gasteiger partial charge is 0.357 e. The van der Waals surface area contributed by atoms with Crippen molar-refractivity contribution >= 4 is 5.96 Å². The van der Waals surface area contributed by atoms with Gasteiger partial charge in [-0.25, -0.2) is 9.38 Å². The molecule has 0 fully saturated rings. The first-order valence-electron chi connectivity index (χ1n) is 9.13. The van der Waals surface area contributed by atoms with Crippen LogP contribution in [0.1, 0.15) is 30.5 Å². The fourth-order valence-electron chi connectivity index (χ4n) is 2.59. The molecule has 0 saturated carbocycles. The van der Waals surface area contributed by atoms with Crippen LogP contribution in [-0.2, 0) is 19.6 Å². The van der Waals surface area contributed by atoms with Crippen molar-refractivity contribution in [2.75, 3.05) is 20.1 Å². The molecule has 0 aromatic heterocycles. The highest BCUT2D eigenvalue weighted by Gasteiger charge is 2.02. The van der Waals surface area contributed by atoms with E-state index in [1.54, 1.807) is 6.07 Å². The van der Waals surface area contributed by atoms with Crippen LogP contribution >= 0.6 is 0 Å². The molecule has 5 heteroatoms. The quantitative estimate of drug-likeness (QED) is 0.561. The third-order valence-electron chi connectivity index (χ3n) is 4.10. The van der Waals surface area contributed by atoms with Crippen molar-refractivity contribution in [1.82, 2.24) is 15.5 Å². The van der Waals surface area contributed by atoms with Crippen LogP contribution in [0.15, 0.2) is 53.5 Å². The van der Waals surface area contributed by atoms with Gasteiger partial charge in [0.1, 0.15) is 5.82 Å². The van der Waals surface area contributed by atoms with Gasteiger partial charge in [-0.3, -0.25) is 0 Å². The Morgan fingerprint density at radius 3 is 2.46 bits per heavy atom. The van der Waals surface area contributed by atoms with Gasteiger partial charge in [0.2, 0.25) is 0 Å². The Bertz CT molecular complexity index is 715. The standard InChI is InChI=1S/C21H29FN4/c1-4-23-21(25-15-18-9-7-11-20(22)13-18)24-14-17-8-6-10-19(12-17)16-26(3)5-2/h6-13H,4-5,14-16H2,1-3H3,(H2,23,24,25). The average Bonchev–Trinajstić information content (AvgIpc) is 2.64. The molecule has 2 aromatic carbocycles. The molecular weight excluding hydrogens is 327 g/mol. The molecule has 0 atom stereocenters. The number of rotatable bonds is 8. The molecule has 0 bridgehead atoms. The first-order valence-corrected chi connectivity index (χ1v) is 9.13. The van der Waals surface area contributed by atoms with Gasteiger partial charge in [0, 0.05) is 19.6 Å². The van der Waals surface area contributed by atoms with Gasteiger partial charge in [-0.05, 0) is 49.3 Å². The summed E-state index contributed by atoms with van der Waals surface area (Å²) < 4.78 is 13.3. The third-order valence-corrected chi connectivity index (χ3v) is 4.10. The predicted octanol–water partition coefficient (Wildman–Crippen LogP) is 3.53. The minimum Gasteiger partial charge on any atom is -0.357 e. The third kappa shape index (κ3) is 6.84. The summed E-state index contributed by atoms with van der Waals surface area (Å²) in [5.41, 5.74) is 3.36. The Labute approximate surface area is 156 Å². The number of hydrogen-bond donors (Lipinski definition) is 2. The van der Waals surface area contributed by atoms with Crippen LogP contribution in [0.3, 0.4) is 0 Å². The summed E-state index contributed by atoms with van der Waals surface area (Å²) in [5.74, 6) is 0.507. The number of nitrogens with one attached hydrogen (secondary N) is 2. The smallest absolute Gasteiger partial charge is 0.191 e. The van der Waals surface area contributed by atoms with Gasteiger partial charge in [-0.2, -0.15) is 0 Å². The lowest BCUT2D eigenvalue weighted by Crippen LogP contribution is -2.36. The Hall–Kier alpha value is -2.40. The van der Waals surface area contributed by atoms with Gasteiger partial charge in [0.25, 0.3) is 0 Å². The minimum atomic E-state index is -0.222. The Balaban J connectivity index is 1.98. The van der Waals surface area contributed by atoms with E-state index in [1.165, 1.54) is 23.3 Å². The van der Waals surface area contributed by atoms with E-state index in [4.69, 9.17) is 0 Å². The van der Waals surface area contributed by atoms with Crippen LogP contribution in [0.5, 0.6) is 0 Å². The first-order chi connectivity index (χ1) is 12.6. The highest BCUT2D eigenvalue weighted by Crippen LogP contribution is 2.09. The lowest BCUT2D eigenvalue weighted by molar-refractivity contribution is 0.345. The second kappa shape index (κ2) is 10.6. The molecule has 0 spiro atoms. The van der Waals surface area contributed by atoms with Crippen molar-refractivity contribution in [3.63, 3.8) is 0 Å². The van der Waals surface area contributed by atoms with E-state index in [0.29, 0.717) is 13.1 Å². The summed E-state index contributed by atoms with van der Waals surface area (Å²) in [6.45, 7) is 8.05. The van der Waals surface area contributed by atoms with Crippen molar-refractivity contribution in [1.29, 1.82) is 0 Å². The topological polar surface area (TPSA) is 39.7 Å². The normalized spacial score (nSPS) is 11.7. The molecule has 0 aliphatic rings. The van der Waals surface area contributed by atoms with Crippen molar-refractivity contribution in [2.24, 2.45) is 4.99 Å². The SMILES string of the molecule is CCNC(=NCc1cccc(CN(C)CC)c1)NCc1cccc(F)c1. The second-order valence-electron chi connectivity index (χ2n) is 6.33. The zero-order chi connectivity index (χ0) is 18.8. The molecule has 0 saturated heterocycles. The molecule has 2 rings (SSSR count).